The van der Waals surface area contributed by atoms with Gasteiger partial charge < -0.3 is 15.2 Å². The molecule has 21 heavy (non-hydrogen) atoms. The van der Waals surface area contributed by atoms with Gasteiger partial charge in [-0.2, -0.15) is 13.2 Å². The summed E-state index contributed by atoms with van der Waals surface area (Å²) in [6.07, 6.45) is -4.42. The number of hydrogen-bond donors (Lipinski definition) is 1. The lowest BCUT2D eigenvalue weighted by atomic mass is 10.3. The molecule has 2 N–H and O–H groups in total. The molecule has 0 amide bonds. The van der Waals surface area contributed by atoms with E-state index in [1.165, 1.54) is 18.2 Å². The quantitative estimate of drug-likeness (QED) is 0.834. The van der Waals surface area contributed by atoms with Gasteiger partial charge in [0, 0.05) is 28.9 Å². The van der Waals surface area contributed by atoms with Gasteiger partial charge in [0.05, 0.1) is 0 Å². The fraction of sp³-hybridized carbons (Fsp3) is 0.143. The summed E-state index contributed by atoms with van der Waals surface area (Å²) >= 11 is 5.82. The topological polar surface area (TPSA) is 44.5 Å². The van der Waals surface area contributed by atoms with Gasteiger partial charge in [-0.3, -0.25) is 0 Å². The molecule has 2 aromatic rings. The van der Waals surface area contributed by atoms with Crippen LogP contribution in [0.4, 0.5) is 18.9 Å². The number of anilines is 1. The molecule has 0 bridgehead atoms. The van der Waals surface area contributed by atoms with E-state index in [0.29, 0.717) is 10.8 Å². The number of nitrogens with two attached hydrogens (primary N) is 1. The standard InChI is InChI=1S/C14H11ClF3NO2/c15-9-2-1-3-11(4-9)21-13-6-10(19)5-12(7-13)20-8-14(16,17)18/h1-7H,8,19H2. The average Bonchev–Trinajstić information content (AvgIpc) is 2.35. The van der Waals surface area contributed by atoms with Crippen LogP contribution in [0.5, 0.6) is 17.2 Å². The lowest BCUT2D eigenvalue weighted by Gasteiger charge is -2.12. The molecule has 0 spiro atoms. The smallest absolute Gasteiger partial charge is 0.422 e. The number of halogens is 4. The van der Waals surface area contributed by atoms with Gasteiger partial charge in [0.15, 0.2) is 6.61 Å². The first kappa shape index (κ1) is 15.3. The summed E-state index contributed by atoms with van der Waals surface area (Å²) in [4.78, 5) is 0. The summed E-state index contributed by atoms with van der Waals surface area (Å²) in [7, 11) is 0. The highest BCUT2D eigenvalue weighted by molar-refractivity contribution is 6.30. The van der Waals surface area contributed by atoms with Crippen molar-refractivity contribution < 1.29 is 22.6 Å². The predicted octanol–water partition coefficient (Wildman–Crippen LogP) is 4.66. The van der Waals surface area contributed by atoms with Gasteiger partial charge in [0.2, 0.25) is 0 Å². The molecule has 0 saturated carbocycles. The highest BCUT2D eigenvalue weighted by Crippen LogP contribution is 2.30. The van der Waals surface area contributed by atoms with E-state index in [4.69, 9.17) is 22.1 Å². The first-order valence-corrected chi connectivity index (χ1v) is 6.23. The highest BCUT2D eigenvalue weighted by atomic mass is 35.5. The second-order valence-electron chi connectivity index (χ2n) is 4.20. The van der Waals surface area contributed by atoms with Gasteiger partial charge in [0.25, 0.3) is 0 Å². The first-order valence-electron chi connectivity index (χ1n) is 5.85. The SMILES string of the molecule is Nc1cc(OCC(F)(F)F)cc(Oc2cccc(Cl)c2)c1. The Morgan fingerprint density at radius 1 is 1.00 bits per heavy atom. The molecule has 0 aliphatic rings. The van der Waals surface area contributed by atoms with Crippen LogP contribution in [0.15, 0.2) is 42.5 Å². The Morgan fingerprint density at radius 2 is 1.71 bits per heavy atom. The van der Waals surface area contributed by atoms with Crippen molar-refractivity contribution >= 4 is 17.3 Å². The van der Waals surface area contributed by atoms with Crippen molar-refractivity contribution in [3.8, 4) is 17.2 Å². The number of ether oxygens (including phenoxy) is 2. The van der Waals surface area contributed by atoms with Crippen molar-refractivity contribution in [1.29, 1.82) is 0 Å². The summed E-state index contributed by atoms with van der Waals surface area (Å²) in [6.45, 7) is -1.40. The van der Waals surface area contributed by atoms with E-state index >= 15 is 0 Å². The average molecular weight is 318 g/mol. The summed E-state index contributed by atoms with van der Waals surface area (Å²) in [5, 5.41) is 0.477. The largest absolute Gasteiger partial charge is 0.484 e. The van der Waals surface area contributed by atoms with E-state index in [1.807, 2.05) is 0 Å². The Morgan fingerprint density at radius 3 is 2.38 bits per heavy atom. The zero-order valence-electron chi connectivity index (χ0n) is 10.7. The van der Waals surface area contributed by atoms with E-state index in [-0.39, 0.29) is 17.2 Å². The molecule has 0 saturated heterocycles. The molecule has 0 radical (unpaired) electrons. The minimum atomic E-state index is -4.42. The van der Waals surface area contributed by atoms with Crippen LogP contribution in [0, 0.1) is 0 Å². The molecule has 0 aliphatic carbocycles. The molecule has 7 heteroatoms. The molecule has 0 unspecified atom stereocenters. The first-order chi connectivity index (χ1) is 9.82. The Bertz CT molecular complexity index is 632. The minimum absolute atomic E-state index is 0.0237. The maximum atomic E-state index is 12.1. The third kappa shape index (κ3) is 5.07. The van der Waals surface area contributed by atoms with Crippen LogP contribution >= 0.6 is 11.6 Å². The van der Waals surface area contributed by atoms with Crippen molar-refractivity contribution in [2.45, 2.75) is 6.18 Å². The number of nitrogen functional groups attached to an aromatic ring is 1. The molecule has 0 fully saturated rings. The van der Waals surface area contributed by atoms with Crippen molar-refractivity contribution in [2.75, 3.05) is 12.3 Å². The van der Waals surface area contributed by atoms with Crippen molar-refractivity contribution in [1.82, 2.24) is 0 Å². The number of alkyl halides is 3. The second kappa shape index (κ2) is 6.13. The molecule has 3 nitrogen and oxygen atoms in total. The molecule has 0 atom stereocenters. The van der Waals surface area contributed by atoms with Crippen molar-refractivity contribution in [3.63, 3.8) is 0 Å². The third-order valence-corrected chi connectivity index (χ3v) is 2.57. The molecule has 2 rings (SSSR count). The summed E-state index contributed by atoms with van der Waals surface area (Å²) < 4.78 is 46.5. The lowest BCUT2D eigenvalue weighted by molar-refractivity contribution is -0.153. The van der Waals surface area contributed by atoms with Crippen LogP contribution in [0.2, 0.25) is 5.02 Å². The third-order valence-electron chi connectivity index (χ3n) is 2.34. The normalized spacial score (nSPS) is 11.2. The van der Waals surface area contributed by atoms with Gasteiger partial charge in [0.1, 0.15) is 17.2 Å². The zero-order valence-corrected chi connectivity index (χ0v) is 11.4. The number of hydrogen-bond acceptors (Lipinski definition) is 3. The lowest BCUT2D eigenvalue weighted by Crippen LogP contribution is -2.19. The van der Waals surface area contributed by atoms with Crippen LogP contribution < -0.4 is 15.2 Å². The maximum absolute atomic E-state index is 12.1. The molecule has 0 aliphatic heterocycles. The molecule has 0 aromatic heterocycles. The van der Waals surface area contributed by atoms with Gasteiger partial charge in [-0.1, -0.05) is 17.7 Å². The molecular formula is C14H11ClF3NO2. The predicted molar refractivity (Wildman–Crippen MR) is 73.9 cm³/mol. The van der Waals surface area contributed by atoms with E-state index in [2.05, 4.69) is 4.74 Å². The minimum Gasteiger partial charge on any atom is -0.484 e. The molecule has 2 aromatic carbocycles. The molecule has 0 heterocycles. The van der Waals surface area contributed by atoms with Crippen LogP contribution in [0.3, 0.4) is 0 Å². The van der Waals surface area contributed by atoms with E-state index in [0.717, 1.165) is 0 Å². The second-order valence-corrected chi connectivity index (χ2v) is 4.64. The van der Waals surface area contributed by atoms with E-state index in [1.54, 1.807) is 24.3 Å². The monoisotopic (exact) mass is 317 g/mol. The van der Waals surface area contributed by atoms with E-state index in [9.17, 15) is 13.2 Å². The Kier molecular flexibility index (Phi) is 4.47. The van der Waals surface area contributed by atoms with Gasteiger partial charge in [-0.15, -0.1) is 0 Å². The Hall–Kier alpha value is -2.08. The van der Waals surface area contributed by atoms with Gasteiger partial charge >= 0.3 is 6.18 Å². The maximum Gasteiger partial charge on any atom is 0.422 e. The van der Waals surface area contributed by atoms with Crippen LogP contribution in [-0.2, 0) is 0 Å². The van der Waals surface area contributed by atoms with Crippen molar-refractivity contribution in [2.24, 2.45) is 0 Å². The number of rotatable bonds is 4. The summed E-state index contributed by atoms with van der Waals surface area (Å²) in [5.74, 6) is 0.675. The van der Waals surface area contributed by atoms with Crippen LogP contribution in [-0.4, -0.2) is 12.8 Å². The molecular weight excluding hydrogens is 307 g/mol. The van der Waals surface area contributed by atoms with Crippen LogP contribution in [0.25, 0.3) is 0 Å². The van der Waals surface area contributed by atoms with Gasteiger partial charge in [-0.05, 0) is 18.2 Å². The number of benzene rings is 2. The fourth-order valence-electron chi connectivity index (χ4n) is 1.57. The summed E-state index contributed by atoms with van der Waals surface area (Å²) in [5.41, 5.74) is 5.84. The molecule has 112 valence electrons. The Labute approximate surface area is 124 Å². The fourth-order valence-corrected chi connectivity index (χ4v) is 1.75. The van der Waals surface area contributed by atoms with E-state index < -0.39 is 12.8 Å². The highest BCUT2D eigenvalue weighted by Gasteiger charge is 2.28. The van der Waals surface area contributed by atoms with Gasteiger partial charge in [-0.25, -0.2) is 0 Å². The van der Waals surface area contributed by atoms with Crippen LogP contribution in [0.1, 0.15) is 0 Å². The zero-order chi connectivity index (χ0) is 15.5. The Balaban J connectivity index is 2.15. The summed E-state index contributed by atoms with van der Waals surface area (Å²) in [6, 6.07) is 10.7. The van der Waals surface area contributed by atoms with Crippen molar-refractivity contribution in [3.05, 3.63) is 47.5 Å².